The Bertz CT molecular complexity index is 597. The van der Waals surface area contributed by atoms with Crippen LogP contribution in [0.15, 0.2) is 41.4 Å². The Morgan fingerprint density at radius 1 is 1.19 bits per heavy atom. The predicted molar refractivity (Wildman–Crippen MR) is 109 cm³/mol. The molecule has 0 aliphatic carbocycles. The normalized spacial score (nSPS) is 18.4. The van der Waals surface area contributed by atoms with E-state index < -0.39 is 0 Å². The number of benzene rings is 1. The van der Waals surface area contributed by atoms with Gasteiger partial charge in [-0.1, -0.05) is 24.3 Å². The van der Waals surface area contributed by atoms with Crippen molar-refractivity contribution in [2.45, 2.75) is 25.8 Å². The lowest BCUT2D eigenvalue weighted by atomic mass is 9.96. The fraction of sp³-hybridized carbons (Fsp3) is 0.571. The van der Waals surface area contributed by atoms with Gasteiger partial charge >= 0.3 is 0 Å². The van der Waals surface area contributed by atoms with Gasteiger partial charge in [0, 0.05) is 59.2 Å². The van der Waals surface area contributed by atoms with Crippen LogP contribution >= 0.6 is 0 Å². The fourth-order valence-corrected chi connectivity index (χ4v) is 3.60. The predicted octanol–water partition coefficient (Wildman–Crippen LogP) is 2.89. The highest BCUT2D eigenvalue weighted by Crippen LogP contribution is 2.19. The van der Waals surface area contributed by atoms with Gasteiger partial charge in [0.15, 0.2) is 5.96 Å². The van der Waals surface area contributed by atoms with Crippen molar-refractivity contribution in [3.8, 4) is 0 Å². The van der Waals surface area contributed by atoms with E-state index in [1.54, 1.807) is 0 Å². The lowest BCUT2D eigenvalue weighted by molar-refractivity contribution is 0.0625. The van der Waals surface area contributed by atoms with Gasteiger partial charge in [0.05, 0.1) is 0 Å². The van der Waals surface area contributed by atoms with Gasteiger partial charge in [-0.2, -0.15) is 0 Å². The minimum absolute atomic E-state index is 0.789. The molecule has 2 aliphatic heterocycles. The number of nitrogens with zero attached hydrogens (tertiary/aromatic N) is 3. The molecule has 26 heavy (non-hydrogen) atoms. The first-order valence-electron chi connectivity index (χ1n) is 9.74. The molecule has 5 nitrogen and oxygen atoms in total. The van der Waals surface area contributed by atoms with Crippen molar-refractivity contribution in [1.82, 2.24) is 10.2 Å². The van der Waals surface area contributed by atoms with Gasteiger partial charge in [0.2, 0.25) is 0 Å². The second-order valence-corrected chi connectivity index (χ2v) is 7.21. The van der Waals surface area contributed by atoms with Crippen molar-refractivity contribution in [2.24, 2.45) is 10.9 Å². The molecule has 1 fully saturated rings. The molecule has 1 N–H and O–H groups in total. The van der Waals surface area contributed by atoms with Crippen molar-refractivity contribution in [2.75, 3.05) is 51.8 Å². The summed E-state index contributed by atoms with van der Waals surface area (Å²) in [6, 6.07) is 8.83. The van der Waals surface area contributed by atoms with Gasteiger partial charge in [-0.3, -0.25) is 4.99 Å². The van der Waals surface area contributed by atoms with E-state index in [2.05, 4.69) is 63.6 Å². The molecule has 0 aromatic heterocycles. The highest BCUT2D eigenvalue weighted by Gasteiger charge is 2.15. The highest BCUT2D eigenvalue weighted by atomic mass is 16.5. The summed E-state index contributed by atoms with van der Waals surface area (Å²) in [5.41, 5.74) is 2.57. The van der Waals surface area contributed by atoms with Gasteiger partial charge < -0.3 is 19.9 Å². The zero-order valence-corrected chi connectivity index (χ0v) is 16.2. The van der Waals surface area contributed by atoms with Crippen LogP contribution in [0.3, 0.4) is 0 Å². The zero-order valence-electron chi connectivity index (χ0n) is 16.2. The number of ether oxygens (including phenoxy) is 1. The van der Waals surface area contributed by atoms with Crippen LogP contribution in [0.5, 0.6) is 0 Å². The van der Waals surface area contributed by atoms with Crippen LogP contribution in [0.1, 0.15) is 24.8 Å². The molecule has 2 heterocycles. The number of guanidine groups is 1. The summed E-state index contributed by atoms with van der Waals surface area (Å²) in [4.78, 5) is 9.03. The first-order chi connectivity index (χ1) is 12.8. The number of hydrogen-bond acceptors (Lipinski definition) is 3. The Labute approximate surface area is 157 Å². The van der Waals surface area contributed by atoms with Gasteiger partial charge in [-0.05, 0) is 42.9 Å². The smallest absolute Gasteiger partial charge is 0.193 e. The number of nitrogens with one attached hydrogen (secondary N) is 1. The SMILES string of the molecule is CN=C(NCc1ccc(N2CC=CC2)cc1)N(C)CCC1CCOCC1. The topological polar surface area (TPSA) is 40.1 Å². The molecule has 0 radical (unpaired) electrons. The van der Waals surface area contributed by atoms with Crippen LogP contribution in [-0.4, -0.2) is 57.8 Å². The summed E-state index contributed by atoms with van der Waals surface area (Å²) in [5, 5.41) is 3.49. The number of anilines is 1. The van der Waals surface area contributed by atoms with Crippen LogP contribution in [-0.2, 0) is 11.3 Å². The van der Waals surface area contributed by atoms with E-state index in [0.717, 1.165) is 51.3 Å². The maximum atomic E-state index is 5.45. The van der Waals surface area contributed by atoms with Crippen molar-refractivity contribution in [3.05, 3.63) is 42.0 Å². The summed E-state index contributed by atoms with van der Waals surface area (Å²) >= 11 is 0. The van der Waals surface area contributed by atoms with E-state index in [4.69, 9.17) is 4.74 Å². The molecule has 2 aliphatic rings. The molecular weight excluding hydrogens is 324 g/mol. The summed E-state index contributed by atoms with van der Waals surface area (Å²) in [7, 11) is 3.98. The first-order valence-corrected chi connectivity index (χ1v) is 9.74. The standard InChI is InChI=1S/C21H32N4O/c1-22-21(24(2)14-9-18-10-15-26-16-11-18)23-17-19-5-7-20(8-6-19)25-12-3-4-13-25/h3-8,18H,9-17H2,1-2H3,(H,22,23). The summed E-state index contributed by atoms with van der Waals surface area (Å²) in [6.45, 7) is 5.71. The third kappa shape index (κ3) is 5.24. The lowest BCUT2D eigenvalue weighted by Gasteiger charge is -2.27. The molecule has 1 aromatic carbocycles. The molecule has 1 aromatic rings. The molecule has 5 heteroatoms. The van der Waals surface area contributed by atoms with Gasteiger partial charge in [0.1, 0.15) is 0 Å². The minimum Gasteiger partial charge on any atom is -0.381 e. The second-order valence-electron chi connectivity index (χ2n) is 7.21. The van der Waals surface area contributed by atoms with Crippen LogP contribution in [0.4, 0.5) is 5.69 Å². The van der Waals surface area contributed by atoms with Crippen LogP contribution in [0, 0.1) is 5.92 Å². The van der Waals surface area contributed by atoms with Crippen molar-refractivity contribution in [3.63, 3.8) is 0 Å². The van der Waals surface area contributed by atoms with E-state index >= 15 is 0 Å². The Balaban J connectivity index is 1.44. The Hall–Kier alpha value is -2.01. The van der Waals surface area contributed by atoms with Crippen LogP contribution in [0.25, 0.3) is 0 Å². The molecule has 0 saturated carbocycles. The van der Waals surface area contributed by atoms with E-state index in [0.29, 0.717) is 0 Å². The third-order valence-electron chi connectivity index (χ3n) is 5.36. The average molecular weight is 357 g/mol. The Morgan fingerprint density at radius 3 is 2.54 bits per heavy atom. The third-order valence-corrected chi connectivity index (χ3v) is 5.36. The second kappa shape index (κ2) is 9.62. The Morgan fingerprint density at radius 2 is 1.88 bits per heavy atom. The quantitative estimate of drug-likeness (QED) is 0.483. The van der Waals surface area contributed by atoms with Crippen LogP contribution < -0.4 is 10.2 Å². The minimum atomic E-state index is 0.789. The molecular formula is C21H32N4O. The van der Waals surface area contributed by atoms with Gasteiger partial charge in [-0.25, -0.2) is 0 Å². The van der Waals surface area contributed by atoms with E-state index in [9.17, 15) is 0 Å². The monoisotopic (exact) mass is 356 g/mol. The summed E-state index contributed by atoms with van der Waals surface area (Å²) in [6.07, 6.45) is 8.03. The molecule has 1 saturated heterocycles. The van der Waals surface area contributed by atoms with E-state index in [-0.39, 0.29) is 0 Å². The molecule has 142 valence electrons. The van der Waals surface area contributed by atoms with E-state index in [1.807, 2.05) is 7.05 Å². The molecule has 0 spiro atoms. The van der Waals surface area contributed by atoms with Gasteiger partial charge in [-0.15, -0.1) is 0 Å². The molecule has 0 unspecified atom stereocenters. The molecule has 0 atom stereocenters. The van der Waals surface area contributed by atoms with E-state index in [1.165, 1.54) is 30.5 Å². The lowest BCUT2D eigenvalue weighted by Crippen LogP contribution is -2.39. The number of hydrogen-bond donors (Lipinski definition) is 1. The highest BCUT2D eigenvalue weighted by molar-refractivity contribution is 5.79. The number of aliphatic imine (C=N–C) groups is 1. The average Bonchev–Trinajstić information content (AvgIpc) is 3.23. The molecule has 0 amide bonds. The molecule has 0 bridgehead atoms. The summed E-state index contributed by atoms with van der Waals surface area (Å²) < 4.78 is 5.45. The molecule has 3 rings (SSSR count). The van der Waals surface area contributed by atoms with Crippen molar-refractivity contribution >= 4 is 11.6 Å². The largest absolute Gasteiger partial charge is 0.381 e. The van der Waals surface area contributed by atoms with Gasteiger partial charge in [0.25, 0.3) is 0 Å². The van der Waals surface area contributed by atoms with Crippen molar-refractivity contribution in [1.29, 1.82) is 0 Å². The Kier molecular flexibility index (Phi) is 6.95. The first kappa shape index (κ1) is 18.8. The zero-order chi connectivity index (χ0) is 18.2. The van der Waals surface area contributed by atoms with Crippen molar-refractivity contribution < 1.29 is 4.74 Å². The number of rotatable bonds is 6. The summed E-state index contributed by atoms with van der Waals surface area (Å²) in [5.74, 6) is 1.75. The maximum absolute atomic E-state index is 5.45. The maximum Gasteiger partial charge on any atom is 0.193 e. The van der Waals surface area contributed by atoms with Crippen LogP contribution in [0.2, 0.25) is 0 Å². The fourth-order valence-electron chi connectivity index (χ4n) is 3.60.